The number of H-pyrrole nitrogens is 1. The van der Waals surface area contributed by atoms with Gasteiger partial charge >= 0.3 is 0 Å². The van der Waals surface area contributed by atoms with E-state index in [1.165, 1.54) is 12.8 Å². The average Bonchev–Trinajstić information content (AvgIpc) is 2.86. The molecule has 1 heterocycles. The molecule has 0 unspecified atom stereocenters. The van der Waals surface area contributed by atoms with Crippen molar-refractivity contribution < 1.29 is 4.79 Å². The third-order valence-corrected chi connectivity index (χ3v) is 2.80. The van der Waals surface area contributed by atoms with Crippen LogP contribution in [0, 0.1) is 5.92 Å². The summed E-state index contributed by atoms with van der Waals surface area (Å²) in [5.74, 6) is 0.784. The van der Waals surface area contributed by atoms with Gasteiger partial charge < -0.3 is 11.1 Å². The van der Waals surface area contributed by atoms with Crippen molar-refractivity contribution in [3.63, 3.8) is 0 Å². The quantitative estimate of drug-likeness (QED) is 0.756. The van der Waals surface area contributed by atoms with E-state index in [1.54, 1.807) is 0 Å². The Labute approximate surface area is 89.6 Å². The zero-order chi connectivity index (χ0) is 10.1. The summed E-state index contributed by atoms with van der Waals surface area (Å²) in [5.41, 5.74) is 5.61. The molecule has 0 aliphatic heterocycles. The van der Waals surface area contributed by atoms with Gasteiger partial charge in [0.25, 0.3) is 5.91 Å². The fourth-order valence-electron chi connectivity index (χ4n) is 1.24. The second kappa shape index (κ2) is 3.61. The van der Waals surface area contributed by atoms with Crippen molar-refractivity contribution in [3.05, 3.63) is 10.2 Å². The second-order valence-corrected chi connectivity index (χ2v) is 4.24. The van der Waals surface area contributed by atoms with Crippen molar-refractivity contribution in [2.75, 3.05) is 11.9 Å². The maximum atomic E-state index is 11.1. The topological polar surface area (TPSA) is 83.8 Å². The first kappa shape index (κ1) is 9.51. The molecule has 1 aliphatic rings. The minimum absolute atomic E-state index is 0.394. The van der Waals surface area contributed by atoms with Crippen LogP contribution in [0.1, 0.15) is 23.2 Å². The Hall–Kier alpha value is -1.04. The lowest BCUT2D eigenvalue weighted by Crippen LogP contribution is -2.14. The first-order valence-corrected chi connectivity index (χ1v) is 5.25. The molecule has 0 bridgehead atoms. The normalized spacial score (nSPS) is 15.5. The summed E-state index contributed by atoms with van der Waals surface area (Å²) in [6.07, 6.45) is 2.51. The van der Waals surface area contributed by atoms with E-state index in [0.29, 0.717) is 16.0 Å². The number of hydrogen-bond acceptors (Lipinski definition) is 3. The van der Waals surface area contributed by atoms with E-state index in [-0.39, 0.29) is 0 Å². The Balaban J connectivity index is 2.10. The highest BCUT2D eigenvalue weighted by Crippen LogP contribution is 2.29. The zero-order valence-electron chi connectivity index (χ0n) is 7.51. The predicted octanol–water partition coefficient (Wildman–Crippen LogP) is 1.09. The predicted molar refractivity (Wildman–Crippen MR) is 56.0 cm³/mol. The van der Waals surface area contributed by atoms with E-state index < -0.39 is 5.91 Å². The fourth-order valence-corrected chi connectivity index (χ4v) is 1.71. The molecule has 1 saturated carbocycles. The molecule has 0 atom stereocenters. The van der Waals surface area contributed by atoms with Gasteiger partial charge in [0.2, 0.25) is 0 Å². The van der Waals surface area contributed by atoms with Crippen molar-refractivity contribution in [2.45, 2.75) is 12.8 Å². The van der Waals surface area contributed by atoms with Gasteiger partial charge in [0, 0.05) is 6.54 Å². The maximum absolute atomic E-state index is 11.1. The van der Waals surface area contributed by atoms with Crippen molar-refractivity contribution in [1.29, 1.82) is 0 Å². The van der Waals surface area contributed by atoms with Gasteiger partial charge in [-0.3, -0.25) is 9.89 Å². The SMILES string of the molecule is NC(=O)c1c(NCC2CC2)n[nH]c1Br. The number of halogens is 1. The lowest BCUT2D eigenvalue weighted by molar-refractivity contribution is 0.100. The molecule has 1 aromatic heterocycles. The first-order valence-electron chi connectivity index (χ1n) is 4.46. The van der Waals surface area contributed by atoms with Crippen LogP contribution in [0.5, 0.6) is 0 Å². The molecule has 0 spiro atoms. The van der Waals surface area contributed by atoms with Gasteiger partial charge in [-0.15, -0.1) is 0 Å². The van der Waals surface area contributed by atoms with Gasteiger partial charge in [0.15, 0.2) is 5.82 Å². The van der Waals surface area contributed by atoms with Gasteiger partial charge in [-0.2, -0.15) is 5.10 Å². The molecule has 76 valence electrons. The number of amides is 1. The lowest BCUT2D eigenvalue weighted by Gasteiger charge is -2.02. The molecule has 1 aliphatic carbocycles. The van der Waals surface area contributed by atoms with Crippen LogP contribution in [0.2, 0.25) is 0 Å². The molecule has 4 N–H and O–H groups in total. The third kappa shape index (κ3) is 1.89. The molecule has 0 radical (unpaired) electrons. The van der Waals surface area contributed by atoms with Crippen LogP contribution in [0.25, 0.3) is 0 Å². The summed E-state index contributed by atoms with van der Waals surface area (Å²) in [6.45, 7) is 0.859. The largest absolute Gasteiger partial charge is 0.368 e. The summed E-state index contributed by atoms with van der Waals surface area (Å²) in [5, 5.41) is 9.72. The first-order chi connectivity index (χ1) is 6.68. The Morgan fingerprint density at radius 3 is 3.00 bits per heavy atom. The lowest BCUT2D eigenvalue weighted by atomic mass is 10.3. The zero-order valence-corrected chi connectivity index (χ0v) is 9.10. The molecular formula is C8H11BrN4O. The third-order valence-electron chi connectivity index (χ3n) is 2.22. The molecule has 0 aromatic carbocycles. The Bertz CT molecular complexity index is 358. The number of aromatic nitrogens is 2. The number of anilines is 1. The summed E-state index contributed by atoms with van der Waals surface area (Å²) in [6, 6.07) is 0. The number of hydrogen-bond donors (Lipinski definition) is 3. The van der Waals surface area contributed by atoms with Crippen molar-refractivity contribution in [2.24, 2.45) is 11.7 Å². The number of primary amides is 1. The fraction of sp³-hybridized carbons (Fsp3) is 0.500. The molecule has 5 nitrogen and oxygen atoms in total. The van der Waals surface area contributed by atoms with Crippen LogP contribution in [-0.2, 0) is 0 Å². The number of rotatable bonds is 4. The van der Waals surface area contributed by atoms with Gasteiger partial charge in [0.1, 0.15) is 10.2 Å². The number of nitrogens with two attached hydrogens (primary N) is 1. The van der Waals surface area contributed by atoms with Gasteiger partial charge in [-0.05, 0) is 34.7 Å². The second-order valence-electron chi connectivity index (χ2n) is 3.45. The number of carbonyl (C=O) groups excluding carboxylic acids is 1. The van der Waals surface area contributed by atoms with Crippen molar-refractivity contribution in [3.8, 4) is 0 Å². The van der Waals surface area contributed by atoms with Crippen LogP contribution < -0.4 is 11.1 Å². The van der Waals surface area contributed by atoms with Crippen LogP contribution in [0.15, 0.2) is 4.60 Å². The van der Waals surface area contributed by atoms with Gasteiger partial charge in [-0.25, -0.2) is 0 Å². The molecule has 6 heteroatoms. The van der Waals surface area contributed by atoms with E-state index in [2.05, 4.69) is 31.4 Å². The monoisotopic (exact) mass is 258 g/mol. The Morgan fingerprint density at radius 2 is 2.43 bits per heavy atom. The van der Waals surface area contributed by atoms with E-state index in [4.69, 9.17) is 5.73 Å². The smallest absolute Gasteiger partial charge is 0.255 e. The molecule has 1 amide bonds. The Morgan fingerprint density at radius 1 is 1.71 bits per heavy atom. The highest BCUT2D eigenvalue weighted by molar-refractivity contribution is 9.10. The van der Waals surface area contributed by atoms with Crippen LogP contribution in [0.4, 0.5) is 5.82 Å². The van der Waals surface area contributed by atoms with E-state index >= 15 is 0 Å². The highest BCUT2D eigenvalue weighted by Gasteiger charge is 2.23. The molecule has 0 saturated heterocycles. The number of nitrogens with zero attached hydrogens (tertiary/aromatic N) is 1. The van der Waals surface area contributed by atoms with E-state index in [9.17, 15) is 4.79 Å². The van der Waals surface area contributed by atoms with Gasteiger partial charge in [-0.1, -0.05) is 0 Å². The minimum Gasteiger partial charge on any atom is -0.368 e. The summed E-state index contributed by atoms with van der Waals surface area (Å²) >= 11 is 3.18. The number of nitrogens with one attached hydrogen (secondary N) is 2. The standard InChI is InChI=1S/C8H11BrN4O/c9-6-5(7(10)14)8(13-12-6)11-3-4-1-2-4/h4H,1-3H2,(H2,10,14)(H2,11,12,13). The number of carbonyl (C=O) groups is 1. The molecule has 2 rings (SSSR count). The molecular weight excluding hydrogens is 248 g/mol. The minimum atomic E-state index is -0.482. The van der Waals surface area contributed by atoms with Gasteiger partial charge in [0.05, 0.1) is 0 Å². The maximum Gasteiger partial charge on any atom is 0.255 e. The summed E-state index contributed by atoms with van der Waals surface area (Å²) in [7, 11) is 0. The van der Waals surface area contributed by atoms with Crippen LogP contribution in [-0.4, -0.2) is 22.6 Å². The van der Waals surface area contributed by atoms with Crippen LogP contribution >= 0.6 is 15.9 Å². The highest BCUT2D eigenvalue weighted by atomic mass is 79.9. The van der Waals surface area contributed by atoms with Crippen LogP contribution in [0.3, 0.4) is 0 Å². The van der Waals surface area contributed by atoms with E-state index in [0.717, 1.165) is 12.5 Å². The summed E-state index contributed by atoms with van der Waals surface area (Å²) < 4.78 is 0.531. The summed E-state index contributed by atoms with van der Waals surface area (Å²) in [4.78, 5) is 11.1. The Kier molecular flexibility index (Phi) is 2.45. The average molecular weight is 259 g/mol. The number of aromatic amines is 1. The van der Waals surface area contributed by atoms with Crippen molar-refractivity contribution >= 4 is 27.7 Å². The van der Waals surface area contributed by atoms with Crippen molar-refractivity contribution in [1.82, 2.24) is 10.2 Å². The van der Waals surface area contributed by atoms with E-state index in [1.807, 2.05) is 0 Å². The molecule has 1 fully saturated rings. The molecule has 14 heavy (non-hydrogen) atoms. The molecule has 1 aromatic rings.